The van der Waals surface area contributed by atoms with Gasteiger partial charge in [0.1, 0.15) is 11.0 Å². The van der Waals surface area contributed by atoms with Gasteiger partial charge in [-0.05, 0) is 56.9 Å². The van der Waals surface area contributed by atoms with Crippen molar-refractivity contribution in [2.75, 3.05) is 0 Å². The second-order valence-corrected chi connectivity index (χ2v) is 8.02. The lowest BCUT2D eigenvalue weighted by Gasteiger charge is -2.14. The normalized spacial score (nSPS) is 19.4. The van der Waals surface area contributed by atoms with Crippen molar-refractivity contribution >= 4 is 32.6 Å². The Morgan fingerprint density at radius 2 is 2.00 bits per heavy atom. The molecule has 0 unspecified atom stereocenters. The Morgan fingerprint density at radius 3 is 2.65 bits per heavy atom. The molecular formula is C13H16BrNOS. The summed E-state index contributed by atoms with van der Waals surface area (Å²) in [7, 11) is -1.16. The Bertz CT molecular complexity index is 503. The Morgan fingerprint density at radius 1 is 1.29 bits per heavy atom. The van der Waals surface area contributed by atoms with Crippen molar-refractivity contribution in [2.24, 2.45) is 4.40 Å². The fourth-order valence-electron chi connectivity index (χ4n) is 1.77. The van der Waals surface area contributed by atoms with Crippen LogP contribution in [0.15, 0.2) is 27.1 Å². The van der Waals surface area contributed by atoms with Crippen LogP contribution < -0.4 is 0 Å². The zero-order valence-electron chi connectivity index (χ0n) is 10.3. The Balaban J connectivity index is 2.34. The molecule has 1 aromatic carbocycles. The maximum Gasteiger partial charge on any atom is 0.145 e. The summed E-state index contributed by atoms with van der Waals surface area (Å²) in [6.45, 7) is 5.85. The molecule has 2 nitrogen and oxygen atoms in total. The summed E-state index contributed by atoms with van der Waals surface area (Å²) >= 11 is 3.47. The molecule has 1 aliphatic rings. The van der Waals surface area contributed by atoms with Crippen LogP contribution in [0.4, 0.5) is 0 Å². The van der Waals surface area contributed by atoms with Crippen LogP contribution >= 0.6 is 15.9 Å². The standard InChI is InChI=1S/C13H16BrNOS/c1-13(2,3)17(16)15-12-7-4-9-8-10(14)5-6-11(9)12/h5-6,8H,4,7H2,1-3H3/b15-12+/t17-/m1/s1. The molecule has 0 amide bonds. The second-order valence-electron chi connectivity index (χ2n) is 5.20. The first-order valence-electron chi connectivity index (χ1n) is 5.66. The molecule has 1 aromatic rings. The molecule has 0 bridgehead atoms. The van der Waals surface area contributed by atoms with E-state index in [2.05, 4.69) is 32.5 Å². The van der Waals surface area contributed by atoms with E-state index in [9.17, 15) is 4.21 Å². The van der Waals surface area contributed by atoms with Crippen LogP contribution in [0.2, 0.25) is 0 Å². The average molecular weight is 314 g/mol. The van der Waals surface area contributed by atoms with Gasteiger partial charge in [-0.1, -0.05) is 22.0 Å². The summed E-state index contributed by atoms with van der Waals surface area (Å²) in [5.74, 6) is 0. The predicted molar refractivity (Wildman–Crippen MR) is 76.9 cm³/mol. The van der Waals surface area contributed by atoms with Crippen LogP contribution in [0.1, 0.15) is 38.3 Å². The number of nitrogens with zero attached hydrogens (tertiary/aromatic N) is 1. The van der Waals surface area contributed by atoms with Gasteiger partial charge in [0.15, 0.2) is 0 Å². The van der Waals surface area contributed by atoms with Crippen LogP contribution in [0.3, 0.4) is 0 Å². The fraction of sp³-hybridized carbons (Fsp3) is 0.462. The van der Waals surface area contributed by atoms with E-state index in [1.807, 2.05) is 26.8 Å². The Labute approximate surface area is 113 Å². The summed E-state index contributed by atoms with van der Waals surface area (Å²) in [6.07, 6.45) is 1.89. The van der Waals surface area contributed by atoms with E-state index < -0.39 is 11.0 Å². The largest absolute Gasteiger partial charge is 0.234 e. The lowest BCUT2D eigenvalue weighted by Crippen LogP contribution is -2.20. The van der Waals surface area contributed by atoms with Crippen LogP contribution in [-0.4, -0.2) is 14.7 Å². The average Bonchev–Trinajstić information content (AvgIpc) is 2.59. The molecule has 1 aliphatic carbocycles. The minimum atomic E-state index is -1.16. The van der Waals surface area contributed by atoms with Gasteiger partial charge in [0.25, 0.3) is 0 Å². The van der Waals surface area contributed by atoms with Crippen molar-refractivity contribution in [1.29, 1.82) is 0 Å². The van der Waals surface area contributed by atoms with E-state index in [0.29, 0.717) is 0 Å². The molecule has 0 saturated heterocycles. The third kappa shape index (κ3) is 2.86. The summed E-state index contributed by atoms with van der Waals surface area (Å²) in [4.78, 5) is 0. The van der Waals surface area contributed by atoms with Gasteiger partial charge in [0, 0.05) is 4.47 Å². The summed E-state index contributed by atoms with van der Waals surface area (Å²) in [5.41, 5.74) is 3.44. The molecular weight excluding hydrogens is 298 g/mol. The molecule has 1 atom stereocenters. The monoisotopic (exact) mass is 313 g/mol. The minimum absolute atomic E-state index is 0.287. The Hall–Kier alpha value is -0.480. The highest BCUT2D eigenvalue weighted by Gasteiger charge is 2.23. The third-order valence-corrected chi connectivity index (χ3v) is 4.65. The van der Waals surface area contributed by atoms with Crippen LogP contribution in [0.5, 0.6) is 0 Å². The lowest BCUT2D eigenvalue weighted by atomic mass is 10.1. The first-order chi connectivity index (χ1) is 7.88. The second kappa shape index (κ2) is 4.65. The van der Waals surface area contributed by atoms with Gasteiger partial charge in [-0.15, -0.1) is 0 Å². The van der Waals surface area contributed by atoms with Gasteiger partial charge in [0.05, 0.1) is 10.5 Å². The minimum Gasteiger partial charge on any atom is -0.234 e. The molecule has 0 aromatic heterocycles. The highest BCUT2D eigenvalue weighted by molar-refractivity contribution is 9.10. The molecule has 2 rings (SSSR count). The number of halogens is 1. The molecule has 4 heteroatoms. The maximum absolute atomic E-state index is 12.0. The molecule has 0 fully saturated rings. The van der Waals surface area contributed by atoms with E-state index in [1.54, 1.807) is 0 Å². The fourth-order valence-corrected chi connectivity index (χ4v) is 2.84. The zero-order valence-corrected chi connectivity index (χ0v) is 12.7. The summed E-state index contributed by atoms with van der Waals surface area (Å²) < 4.78 is 17.2. The predicted octanol–water partition coefficient (Wildman–Crippen LogP) is 3.65. The highest BCUT2D eigenvalue weighted by atomic mass is 79.9. The number of fused-ring (bicyclic) bond motifs is 1. The van der Waals surface area contributed by atoms with Gasteiger partial charge in [0.2, 0.25) is 0 Å². The van der Waals surface area contributed by atoms with Gasteiger partial charge in [-0.2, -0.15) is 4.40 Å². The first-order valence-corrected chi connectivity index (χ1v) is 7.56. The zero-order chi connectivity index (χ0) is 12.6. The van der Waals surface area contributed by atoms with E-state index in [4.69, 9.17) is 0 Å². The van der Waals surface area contributed by atoms with E-state index >= 15 is 0 Å². The van der Waals surface area contributed by atoms with Crippen molar-refractivity contribution < 1.29 is 4.21 Å². The van der Waals surface area contributed by atoms with Crippen molar-refractivity contribution in [3.05, 3.63) is 33.8 Å². The highest BCUT2D eigenvalue weighted by Crippen LogP contribution is 2.27. The molecule has 17 heavy (non-hydrogen) atoms. The van der Waals surface area contributed by atoms with E-state index in [0.717, 1.165) is 28.6 Å². The van der Waals surface area contributed by atoms with Crippen molar-refractivity contribution in [3.8, 4) is 0 Å². The van der Waals surface area contributed by atoms with Gasteiger partial charge in [-0.3, -0.25) is 0 Å². The number of aryl methyl sites for hydroxylation is 1. The smallest absolute Gasteiger partial charge is 0.145 e. The van der Waals surface area contributed by atoms with Crippen molar-refractivity contribution in [1.82, 2.24) is 0 Å². The van der Waals surface area contributed by atoms with Gasteiger partial charge >= 0.3 is 0 Å². The molecule has 0 spiro atoms. The summed E-state index contributed by atoms with van der Waals surface area (Å²) in [6, 6.07) is 6.20. The molecule has 0 saturated carbocycles. The summed E-state index contributed by atoms with van der Waals surface area (Å²) in [5, 5.41) is 0. The van der Waals surface area contributed by atoms with Crippen LogP contribution in [0.25, 0.3) is 0 Å². The topological polar surface area (TPSA) is 29.4 Å². The lowest BCUT2D eigenvalue weighted by molar-refractivity contribution is 0.650. The number of hydrogen-bond donors (Lipinski definition) is 0. The number of rotatable bonds is 1. The molecule has 0 aliphatic heterocycles. The van der Waals surface area contributed by atoms with E-state index in [-0.39, 0.29) is 4.75 Å². The Kier molecular flexibility index (Phi) is 3.55. The number of hydrogen-bond acceptors (Lipinski definition) is 1. The molecule has 0 radical (unpaired) electrons. The van der Waals surface area contributed by atoms with Crippen molar-refractivity contribution in [3.63, 3.8) is 0 Å². The SMILES string of the molecule is CC(C)(C)[S@@](=O)/N=C1\CCc2cc(Br)ccc21. The number of benzene rings is 1. The van der Waals surface area contributed by atoms with Crippen LogP contribution in [-0.2, 0) is 17.4 Å². The van der Waals surface area contributed by atoms with Crippen molar-refractivity contribution in [2.45, 2.75) is 38.4 Å². The molecule has 0 heterocycles. The molecule has 92 valence electrons. The maximum atomic E-state index is 12.0. The first kappa shape index (κ1) is 13.0. The van der Waals surface area contributed by atoms with Gasteiger partial charge < -0.3 is 0 Å². The molecule has 0 N–H and O–H groups in total. The van der Waals surface area contributed by atoms with Crippen LogP contribution in [0, 0.1) is 0 Å². The third-order valence-electron chi connectivity index (χ3n) is 2.73. The van der Waals surface area contributed by atoms with Gasteiger partial charge in [-0.25, -0.2) is 4.21 Å². The van der Waals surface area contributed by atoms with E-state index in [1.165, 1.54) is 5.56 Å². The quantitative estimate of drug-likeness (QED) is 0.778.